The van der Waals surface area contributed by atoms with Gasteiger partial charge in [-0.2, -0.15) is 0 Å². The predicted octanol–water partition coefficient (Wildman–Crippen LogP) is 6.50. The van der Waals surface area contributed by atoms with E-state index in [1.165, 1.54) is 23.5 Å². The summed E-state index contributed by atoms with van der Waals surface area (Å²) in [5, 5.41) is 5.95. The van der Waals surface area contributed by atoms with Crippen molar-refractivity contribution in [1.29, 1.82) is 0 Å². The minimum atomic E-state index is -0.558. The summed E-state index contributed by atoms with van der Waals surface area (Å²) in [4.78, 5) is 34.6. The highest BCUT2D eigenvalue weighted by molar-refractivity contribution is 7.22. The zero-order chi connectivity index (χ0) is 29.5. The minimum Gasteiger partial charge on any atom is -0.453 e. The molecular formula is C33H31FN4O3S. The third-order valence-corrected chi connectivity index (χ3v) is 7.81. The van der Waals surface area contributed by atoms with E-state index in [1.807, 2.05) is 18.3 Å². The molecule has 0 fully saturated rings. The molecule has 0 radical (unpaired) electrons. The average Bonchev–Trinajstić information content (AvgIpc) is 3.44. The van der Waals surface area contributed by atoms with Gasteiger partial charge >= 0.3 is 0 Å². The predicted molar refractivity (Wildman–Crippen MR) is 164 cm³/mol. The van der Waals surface area contributed by atoms with Crippen molar-refractivity contribution in [3.8, 4) is 22.1 Å². The highest BCUT2D eigenvalue weighted by atomic mass is 32.1. The molecule has 214 valence electrons. The summed E-state index contributed by atoms with van der Waals surface area (Å²) >= 11 is 1.49. The molecule has 3 heterocycles. The first-order valence-electron chi connectivity index (χ1n) is 13.8. The van der Waals surface area contributed by atoms with Crippen LogP contribution >= 0.6 is 11.3 Å². The first-order valence-corrected chi connectivity index (χ1v) is 14.6. The number of pyridine rings is 2. The van der Waals surface area contributed by atoms with Gasteiger partial charge in [-0.25, -0.2) is 4.39 Å². The number of amides is 1. The molecule has 0 aliphatic carbocycles. The van der Waals surface area contributed by atoms with Gasteiger partial charge in [0.25, 0.3) is 5.91 Å². The van der Waals surface area contributed by atoms with Crippen LogP contribution in [0.3, 0.4) is 0 Å². The molecule has 1 amide bonds. The van der Waals surface area contributed by atoms with Crippen LogP contribution in [0.25, 0.3) is 20.8 Å². The summed E-state index contributed by atoms with van der Waals surface area (Å²) in [6, 6.07) is 19.2. The maximum absolute atomic E-state index is 15.1. The Morgan fingerprint density at radius 2 is 1.74 bits per heavy atom. The fraction of sp³-hybridized carbons (Fsp3) is 0.212. The number of ether oxygens (including phenoxy) is 1. The lowest BCUT2D eigenvalue weighted by molar-refractivity contribution is -0.117. The molecule has 0 saturated heterocycles. The second kappa shape index (κ2) is 13.5. The van der Waals surface area contributed by atoms with Gasteiger partial charge in [0.05, 0.1) is 20.8 Å². The Morgan fingerprint density at radius 1 is 0.929 bits per heavy atom. The summed E-state index contributed by atoms with van der Waals surface area (Å²) in [5.74, 6) is -0.298. The number of rotatable bonds is 12. The Morgan fingerprint density at radius 3 is 2.48 bits per heavy atom. The van der Waals surface area contributed by atoms with Gasteiger partial charge in [-0.05, 0) is 66.1 Å². The van der Waals surface area contributed by atoms with E-state index in [9.17, 15) is 9.59 Å². The van der Waals surface area contributed by atoms with Crippen LogP contribution in [-0.2, 0) is 24.2 Å². The van der Waals surface area contributed by atoms with Crippen molar-refractivity contribution in [2.45, 2.75) is 32.7 Å². The molecule has 0 atom stereocenters. The molecule has 0 saturated carbocycles. The van der Waals surface area contributed by atoms with E-state index in [-0.39, 0.29) is 30.3 Å². The Hall–Kier alpha value is -4.47. The first-order chi connectivity index (χ1) is 20.4. The van der Waals surface area contributed by atoms with E-state index >= 15 is 4.39 Å². The quantitative estimate of drug-likeness (QED) is 0.163. The average molecular weight is 583 g/mol. The molecule has 0 spiro atoms. The maximum Gasteiger partial charge on any atom is 0.251 e. The lowest BCUT2D eigenvalue weighted by atomic mass is 10.0. The molecule has 9 heteroatoms. The number of halogens is 1. The van der Waals surface area contributed by atoms with Crippen molar-refractivity contribution in [1.82, 2.24) is 20.6 Å². The van der Waals surface area contributed by atoms with E-state index in [0.717, 1.165) is 51.4 Å². The van der Waals surface area contributed by atoms with E-state index in [1.54, 1.807) is 49.6 Å². The smallest absolute Gasteiger partial charge is 0.251 e. The zero-order valence-electron chi connectivity index (χ0n) is 23.4. The van der Waals surface area contributed by atoms with Crippen LogP contribution in [-0.4, -0.2) is 35.3 Å². The van der Waals surface area contributed by atoms with Crippen molar-refractivity contribution < 1.29 is 18.7 Å². The number of nitrogens with zero attached hydrogens (tertiary/aromatic N) is 2. The molecule has 0 aliphatic rings. The first kappa shape index (κ1) is 29.0. The van der Waals surface area contributed by atoms with Gasteiger partial charge in [0, 0.05) is 50.5 Å². The number of carbonyl (C=O) groups excluding carboxylic acids is 2. The highest BCUT2D eigenvalue weighted by Gasteiger charge is 2.15. The van der Waals surface area contributed by atoms with Crippen molar-refractivity contribution in [3.05, 3.63) is 107 Å². The number of hydrogen-bond acceptors (Lipinski definition) is 7. The molecule has 42 heavy (non-hydrogen) atoms. The third-order valence-electron chi connectivity index (χ3n) is 6.64. The van der Waals surface area contributed by atoms with Gasteiger partial charge < -0.3 is 15.4 Å². The van der Waals surface area contributed by atoms with Crippen LogP contribution in [0.5, 0.6) is 11.5 Å². The van der Waals surface area contributed by atoms with Crippen LogP contribution in [0.4, 0.5) is 4.39 Å². The number of hydrogen-bond donors (Lipinski definition) is 2. The summed E-state index contributed by atoms with van der Waals surface area (Å²) in [6.45, 7) is 3.87. The fourth-order valence-corrected chi connectivity index (χ4v) is 5.59. The largest absolute Gasteiger partial charge is 0.453 e. The molecule has 5 aromatic rings. The Labute approximate surface area is 247 Å². The Balaban J connectivity index is 1.27. The van der Waals surface area contributed by atoms with Crippen molar-refractivity contribution in [2.24, 2.45) is 0 Å². The third kappa shape index (κ3) is 7.05. The Kier molecular flexibility index (Phi) is 9.31. The fourth-order valence-electron chi connectivity index (χ4n) is 4.55. The van der Waals surface area contributed by atoms with Gasteiger partial charge in [0.15, 0.2) is 11.6 Å². The van der Waals surface area contributed by atoms with Crippen LogP contribution in [0.2, 0.25) is 0 Å². The topological polar surface area (TPSA) is 93.2 Å². The second-order valence-electron chi connectivity index (χ2n) is 9.90. The normalized spacial score (nSPS) is 11.0. The molecule has 5 rings (SSSR count). The zero-order valence-corrected chi connectivity index (χ0v) is 24.3. The highest BCUT2D eigenvalue weighted by Crippen LogP contribution is 2.39. The number of Topliss-reactive ketones (excluding diaryl/α,β-unsaturated/α-hetero) is 1. The Bertz CT molecular complexity index is 1720. The molecule has 0 unspecified atom stereocenters. The van der Waals surface area contributed by atoms with E-state index < -0.39 is 5.82 Å². The number of ketones is 1. The van der Waals surface area contributed by atoms with Gasteiger partial charge in [-0.3, -0.25) is 19.6 Å². The standard InChI is InChI=1S/C33H31FN4O3S/c1-3-12-36-19-23-7-9-27(38-20-23)31-18-28-32(42-31)30(11-13-37-28)41-29-10-8-22(17-26(29)34)16-25(39)15-21-5-4-6-24(14-21)33(40)35-2/h4-11,13-14,17-18,20,36H,3,12,15-16,19H2,1-2H3,(H,35,40). The SMILES string of the molecule is CCCNCc1ccc(-c2cc3nccc(Oc4ccc(CC(=O)Cc5cccc(C(=O)NC)c5)cc4F)c3s2)nc1. The number of benzene rings is 2. The second-order valence-corrected chi connectivity index (χ2v) is 11.0. The van der Waals surface area contributed by atoms with Crippen LogP contribution in [0.1, 0.15) is 40.4 Å². The number of fused-ring (bicyclic) bond motifs is 1. The molecule has 0 bridgehead atoms. The minimum absolute atomic E-state index is 0.0639. The van der Waals surface area contributed by atoms with Crippen molar-refractivity contribution in [3.63, 3.8) is 0 Å². The number of nitrogens with one attached hydrogen (secondary N) is 2. The number of carbonyl (C=O) groups is 2. The van der Waals surface area contributed by atoms with E-state index in [0.29, 0.717) is 16.9 Å². The summed E-state index contributed by atoms with van der Waals surface area (Å²) in [5.41, 5.74) is 4.46. The summed E-state index contributed by atoms with van der Waals surface area (Å²) < 4.78 is 21.9. The molecule has 2 aromatic carbocycles. The van der Waals surface area contributed by atoms with Gasteiger partial charge in [-0.15, -0.1) is 11.3 Å². The van der Waals surface area contributed by atoms with Crippen molar-refractivity contribution >= 4 is 33.2 Å². The monoisotopic (exact) mass is 582 g/mol. The molecule has 0 aliphatic heterocycles. The van der Waals surface area contributed by atoms with Crippen LogP contribution < -0.4 is 15.4 Å². The molecule has 7 nitrogen and oxygen atoms in total. The van der Waals surface area contributed by atoms with Gasteiger partial charge in [0.1, 0.15) is 11.5 Å². The molecular weight excluding hydrogens is 551 g/mol. The van der Waals surface area contributed by atoms with Crippen LogP contribution in [0.15, 0.2) is 79.1 Å². The van der Waals surface area contributed by atoms with E-state index in [4.69, 9.17) is 4.74 Å². The summed E-state index contributed by atoms with van der Waals surface area (Å²) in [6.07, 6.45) is 4.80. The van der Waals surface area contributed by atoms with Crippen LogP contribution in [0, 0.1) is 5.82 Å². The van der Waals surface area contributed by atoms with Crippen molar-refractivity contribution in [2.75, 3.05) is 13.6 Å². The lowest BCUT2D eigenvalue weighted by Crippen LogP contribution is -2.18. The maximum atomic E-state index is 15.1. The number of thiophene rings is 1. The molecule has 2 N–H and O–H groups in total. The lowest BCUT2D eigenvalue weighted by Gasteiger charge is -2.09. The van der Waals surface area contributed by atoms with Gasteiger partial charge in [-0.1, -0.05) is 31.2 Å². The molecule has 3 aromatic heterocycles. The van der Waals surface area contributed by atoms with E-state index in [2.05, 4.69) is 33.6 Å². The van der Waals surface area contributed by atoms with Gasteiger partial charge in [0.2, 0.25) is 0 Å². The number of aromatic nitrogens is 2. The summed E-state index contributed by atoms with van der Waals surface area (Å²) in [7, 11) is 1.56.